The van der Waals surface area contributed by atoms with Crippen LogP contribution in [0.5, 0.6) is 0 Å². The maximum Gasteiger partial charge on any atom is 0.259 e. The van der Waals surface area contributed by atoms with Crippen LogP contribution in [0, 0.1) is 0 Å². The zero-order valence-electron chi connectivity index (χ0n) is 24.9. The molecule has 2 aliphatic rings. The van der Waals surface area contributed by atoms with Gasteiger partial charge in [0.25, 0.3) is 11.8 Å². The van der Waals surface area contributed by atoms with Crippen molar-refractivity contribution in [3.05, 3.63) is 96.5 Å². The summed E-state index contributed by atoms with van der Waals surface area (Å²) >= 11 is 0. The van der Waals surface area contributed by atoms with Crippen molar-refractivity contribution in [2.75, 3.05) is 19.6 Å². The molecule has 0 saturated carbocycles. The normalized spacial score (nSPS) is 16.9. The Morgan fingerprint density at radius 1 is 0.929 bits per heavy atom. The summed E-state index contributed by atoms with van der Waals surface area (Å²) in [6.07, 6.45) is 11.5. The summed E-state index contributed by atoms with van der Waals surface area (Å²) in [5, 5.41) is 4.52. The monoisotopic (exact) mass is 561 g/mol. The fourth-order valence-electron chi connectivity index (χ4n) is 6.16. The van der Waals surface area contributed by atoms with E-state index in [1.54, 1.807) is 12.3 Å². The van der Waals surface area contributed by atoms with Gasteiger partial charge in [0.05, 0.1) is 16.8 Å². The first kappa shape index (κ1) is 29.0. The SMILES string of the molecule is C=CC=N/C(=C\C)CN1CCC(n2cc(C3=C(c4cn(C)c5ccccc45)C(=O)NC3=O)c3ccccc32)CC1.CC. The number of aliphatic imine (C=N–C) groups is 1. The molecule has 42 heavy (non-hydrogen) atoms. The highest BCUT2D eigenvalue weighted by atomic mass is 16.2. The van der Waals surface area contributed by atoms with Crippen LogP contribution < -0.4 is 5.32 Å². The fraction of sp³-hybridized carbons (Fsp3) is 0.286. The third-order valence-electron chi connectivity index (χ3n) is 8.12. The number of fused-ring (bicyclic) bond motifs is 2. The molecule has 2 amide bonds. The minimum atomic E-state index is -0.347. The first-order valence-corrected chi connectivity index (χ1v) is 14.8. The van der Waals surface area contributed by atoms with Gasteiger partial charge in [-0.1, -0.05) is 69.0 Å². The van der Waals surface area contributed by atoms with Gasteiger partial charge in [-0.05, 0) is 31.9 Å². The van der Waals surface area contributed by atoms with E-state index in [0.29, 0.717) is 17.2 Å². The van der Waals surface area contributed by atoms with Gasteiger partial charge in [-0.2, -0.15) is 0 Å². The maximum absolute atomic E-state index is 13.4. The third kappa shape index (κ3) is 5.28. The lowest BCUT2D eigenvalue weighted by Gasteiger charge is -2.33. The zero-order valence-corrected chi connectivity index (χ0v) is 24.9. The number of aryl methyl sites for hydroxylation is 1. The number of nitrogens with one attached hydrogen (secondary N) is 1. The standard InChI is InChI=1S/C33H33N5O2.C2H6/c1-4-16-34-22(5-2)19-37-17-14-23(15-18-37)38-21-27(25-11-7-9-13-29(25)38)31-30(32(39)35-33(31)40)26-20-36(3)28-12-8-6-10-24(26)28;1-2/h4-13,16,20-21,23H,1,14-15,17-19H2,2-3H3,(H,35,39,40);1-2H3/b22-5-,34-16?;. The van der Waals surface area contributed by atoms with E-state index in [0.717, 1.165) is 71.1 Å². The quantitative estimate of drug-likeness (QED) is 0.206. The minimum absolute atomic E-state index is 0.294. The molecule has 0 unspecified atom stereocenters. The van der Waals surface area contributed by atoms with Crippen LogP contribution in [0.1, 0.15) is 50.8 Å². The lowest BCUT2D eigenvalue weighted by molar-refractivity contribution is -0.122. The van der Waals surface area contributed by atoms with Crippen molar-refractivity contribution in [2.24, 2.45) is 12.0 Å². The number of rotatable bonds is 7. The van der Waals surface area contributed by atoms with E-state index >= 15 is 0 Å². The predicted octanol–water partition coefficient (Wildman–Crippen LogP) is 6.52. The van der Waals surface area contributed by atoms with E-state index in [9.17, 15) is 9.59 Å². The molecule has 216 valence electrons. The van der Waals surface area contributed by atoms with E-state index in [-0.39, 0.29) is 11.8 Å². The van der Waals surface area contributed by atoms with Crippen LogP contribution in [0.25, 0.3) is 33.0 Å². The van der Waals surface area contributed by atoms with Gasteiger partial charge in [0.1, 0.15) is 0 Å². The molecule has 7 heteroatoms. The molecular weight excluding hydrogens is 522 g/mol. The summed E-state index contributed by atoms with van der Waals surface area (Å²) in [6.45, 7) is 12.5. The fourth-order valence-corrected chi connectivity index (χ4v) is 6.16. The molecule has 2 aromatic carbocycles. The van der Waals surface area contributed by atoms with E-state index in [4.69, 9.17) is 0 Å². The summed E-state index contributed by atoms with van der Waals surface area (Å²) in [5.41, 5.74) is 5.61. The highest BCUT2D eigenvalue weighted by molar-refractivity contribution is 6.50. The van der Waals surface area contributed by atoms with Gasteiger partial charge >= 0.3 is 0 Å². The molecule has 2 aromatic heterocycles. The van der Waals surface area contributed by atoms with Gasteiger partial charge in [0.2, 0.25) is 0 Å². The van der Waals surface area contributed by atoms with Crippen LogP contribution in [0.2, 0.25) is 0 Å². The number of aromatic nitrogens is 2. The molecule has 4 aromatic rings. The molecule has 2 aliphatic heterocycles. The van der Waals surface area contributed by atoms with Crippen molar-refractivity contribution in [1.82, 2.24) is 19.4 Å². The number of imide groups is 1. The van der Waals surface area contributed by atoms with E-state index < -0.39 is 0 Å². The molecule has 0 bridgehead atoms. The van der Waals surface area contributed by atoms with E-state index in [1.165, 1.54) is 0 Å². The number of nitrogens with zero attached hydrogens (tertiary/aromatic N) is 4. The van der Waals surface area contributed by atoms with Crippen LogP contribution >= 0.6 is 0 Å². The zero-order chi connectivity index (χ0) is 29.8. The second kappa shape index (κ2) is 12.6. The minimum Gasteiger partial charge on any atom is -0.350 e. The van der Waals surface area contributed by atoms with Crippen LogP contribution in [-0.4, -0.2) is 51.7 Å². The average Bonchev–Trinajstić information content (AvgIpc) is 3.66. The number of amides is 2. The summed E-state index contributed by atoms with van der Waals surface area (Å²) in [6, 6.07) is 16.5. The smallest absolute Gasteiger partial charge is 0.259 e. The molecule has 0 radical (unpaired) electrons. The van der Waals surface area contributed by atoms with Gasteiger partial charge < -0.3 is 9.13 Å². The van der Waals surface area contributed by atoms with Gasteiger partial charge in [0.15, 0.2) is 0 Å². The van der Waals surface area contributed by atoms with Gasteiger partial charge in [-0.25, -0.2) is 0 Å². The van der Waals surface area contributed by atoms with Crippen LogP contribution in [-0.2, 0) is 16.6 Å². The Kier molecular flexibility index (Phi) is 8.69. The number of likely N-dealkylation sites (tertiary alicyclic amines) is 1. The second-order valence-electron chi connectivity index (χ2n) is 10.5. The van der Waals surface area contributed by atoms with Crippen molar-refractivity contribution in [2.45, 2.75) is 39.7 Å². The molecule has 0 aliphatic carbocycles. The molecule has 4 heterocycles. The van der Waals surface area contributed by atoms with Crippen LogP contribution in [0.3, 0.4) is 0 Å². The number of hydrogen-bond acceptors (Lipinski definition) is 4. The molecular formula is C35H39N5O2. The number of benzene rings is 2. The van der Waals surface area contributed by atoms with E-state index in [1.807, 2.05) is 81.1 Å². The first-order valence-electron chi connectivity index (χ1n) is 14.8. The van der Waals surface area contributed by atoms with Gasteiger partial charge in [-0.15, -0.1) is 0 Å². The lowest BCUT2D eigenvalue weighted by atomic mass is 9.95. The first-order chi connectivity index (χ1) is 20.5. The highest BCUT2D eigenvalue weighted by Gasteiger charge is 2.36. The molecule has 1 N–H and O–H groups in total. The third-order valence-corrected chi connectivity index (χ3v) is 8.12. The number of piperidine rings is 1. The number of carbonyl (C=O) groups excluding carboxylic acids is 2. The highest BCUT2D eigenvalue weighted by Crippen LogP contribution is 2.40. The maximum atomic E-state index is 13.4. The average molecular weight is 562 g/mol. The van der Waals surface area contributed by atoms with Crippen molar-refractivity contribution in [1.29, 1.82) is 0 Å². The lowest BCUT2D eigenvalue weighted by Crippen LogP contribution is -2.35. The molecule has 1 fully saturated rings. The Balaban J connectivity index is 0.00000173. The molecule has 0 atom stereocenters. The van der Waals surface area contributed by atoms with Crippen molar-refractivity contribution >= 4 is 51.0 Å². The Bertz CT molecular complexity index is 1740. The summed E-state index contributed by atoms with van der Waals surface area (Å²) in [5.74, 6) is -0.690. The number of para-hydroxylation sites is 2. The van der Waals surface area contributed by atoms with Crippen LogP contribution in [0.15, 0.2) is 90.3 Å². The van der Waals surface area contributed by atoms with Crippen molar-refractivity contribution in [3.8, 4) is 0 Å². The Labute approximate surface area is 247 Å². The van der Waals surface area contributed by atoms with Crippen molar-refractivity contribution < 1.29 is 9.59 Å². The predicted molar refractivity (Wildman–Crippen MR) is 173 cm³/mol. The second-order valence-corrected chi connectivity index (χ2v) is 10.5. The largest absolute Gasteiger partial charge is 0.350 e. The van der Waals surface area contributed by atoms with E-state index in [2.05, 4.69) is 44.7 Å². The number of allylic oxidation sites excluding steroid dienone is 2. The topological polar surface area (TPSA) is 71.6 Å². The van der Waals surface area contributed by atoms with Gasteiger partial charge in [-0.3, -0.25) is 24.8 Å². The molecule has 0 spiro atoms. The molecule has 6 rings (SSSR count). The summed E-state index contributed by atoms with van der Waals surface area (Å²) < 4.78 is 4.32. The number of hydrogen-bond donors (Lipinski definition) is 1. The van der Waals surface area contributed by atoms with Gasteiger partial charge in [0, 0.05) is 84.3 Å². The molecule has 1 saturated heterocycles. The summed E-state index contributed by atoms with van der Waals surface area (Å²) in [7, 11) is 1.96. The number of carbonyl (C=O) groups is 2. The Morgan fingerprint density at radius 3 is 2.12 bits per heavy atom. The van der Waals surface area contributed by atoms with Crippen molar-refractivity contribution in [3.63, 3.8) is 0 Å². The Hall–Kier alpha value is -4.49. The summed E-state index contributed by atoms with van der Waals surface area (Å²) in [4.78, 5) is 33.5. The van der Waals surface area contributed by atoms with Crippen LogP contribution in [0.4, 0.5) is 0 Å². The Morgan fingerprint density at radius 2 is 1.50 bits per heavy atom. The molecule has 7 nitrogen and oxygen atoms in total.